The lowest BCUT2D eigenvalue weighted by atomic mass is 10.2. The van der Waals surface area contributed by atoms with Gasteiger partial charge in [0.25, 0.3) is 11.8 Å². The molecule has 236 valence electrons. The van der Waals surface area contributed by atoms with Crippen molar-refractivity contribution in [3.63, 3.8) is 0 Å². The van der Waals surface area contributed by atoms with Crippen molar-refractivity contribution in [2.75, 3.05) is 26.8 Å². The maximum absolute atomic E-state index is 13.4. The summed E-state index contributed by atoms with van der Waals surface area (Å²) in [6.45, 7) is 14.3. The van der Waals surface area contributed by atoms with Crippen LogP contribution in [0.5, 0.6) is 11.5 Å². The number of nitrogens with zero attached hydrogens (tertiary/aromatic N) is 1. The van der Waals surface area contributed by atoms with Crippen LogP contribution in [-0.2, 0) is 27.5 Å². The number of rotatable bonds is 17. The first-order valence-corrected chi connectivity index (χ1v) is 15.0. The summed E-state index contributed by atoms with van der Waals surface area (Å²) in [6, 6.07) is 12.4. The number of hydrogen-bond acceptors (Lipinski definition) is 6. The van der Waals surface area contributed by atoms with Gasteiger partial charge in [0, 0.05) is 35.9 Å². The minimum absolute atomic E-state index is 0.0986. The molecule has 0 radical (unpaired) electrons. The van der Waals surface area contributed by atoms with E-state index in [-0.39, 0.29) is 37.2 Å². The van der Waals surface area contributed by atoms with Crippen LogP contribution in [0.25, 0.3) is 0 Å². The molecule has 0 atom stereocenters. The molecule has 0 aliphatic carbocycles. The van der Waals surface area contributed by atoms with E-state index in [4.69, 9.17) is 21.1 Å². The second-order valence-electron chi connectivity index (χ2n) is 9.33. The summed E-state index contributed by atoms with van der Waals surface area (Å²) >= 11 is 6.17. The fourth-order valence-electron chi connectivity index (χ4n) is 3.78. The standard InChI is InChI=1S/C31H41ClN4O5.C2H6/c1-6-8-9-10-22(3)36(31(39)23(4)34-18-24-11-14-27(40-5)15-12-24)20-29(37)35-19-25-17-26(32)13-16-28(25)41-21-30(38)33-7-2;1-2/h10-17,34H,4,6-9,18-21H2,1-3,5H3,(H,33,38)(H,35,37);1-2H3/b22-10-;. The lowest BCUT2D eigenvalue weighted by molar-refractivity contribution is -0.131. The third kappa shape index (κ3) is 13.7. The molecule has 0 saturated heterocycles. The number of hydrogen-bond donors (Lipinski definition) is 3. The summed E-state index contributed by atoms with van der Waals surface area (Å²) in [5.41, 5.74) is 2.40. The molecule has 10 heteroatoms. The second-order valence-corrected chi connectivity index (χ2v) is 9.77. The van der Waals surface area contributed by atoms with Crippen molar-refractivity contribution in [1.29, 1.82) is 0 Å². The lowest BCUT2D eigenvalue weighted by Crippen LogP contribution is -2.42. The highest BCUT2D eigenvalue weighted by atomic mass is 35.5. The summed E-state index contributed by atoms with van der Waals surface area (Å²) in [5, 5.41) is 9.03. The van der Waals surface area contributed by atoms with Gasteiger partial charge in [0.1, 0.15) is 18.0 Å². The van der Waals surface area contributed by atoms with Gasteiger partial charge in [0.2, 0.25) is 5.91 Å². The van der Waals surface area contributed by atoms with Crippen LogP contribution in [0.2, 0.25) is 5.02 Å². The molecule has 2 aromatic carbocycles. The third-order valence-corrected chi connectivity index (χ3v) is 6.36. The SMILES string of the molecule is C=C(NCc1ccc(OC)cc1)C(=O)N(CC(=O)NCc1cc(Cl)ccc1OCC(=O)NCC)/C(C)=C\CCCC.CC. The molecular formula is C33H47ClN4O5. The van der Waals surface area contributed by atoms with Gasteiger partial charge in [-0.2, -0.15) is 0 Å². The number of carbonyl (C=O) groups is 3. The largest absolute Gasteiger partial charge is 0.497 e. The normalized spacial score (nSPS) is 10.5. The van der Waals surface area contributed by atoms with Gasteiger partial charge in [-0.25, -0.2) is 0 Å². The topological polar surface area (TPSA) is 109 Å². The van der Waals surface area contributed by atoms with Gasteiger partial charge in [-0.3, -0.25) is 14.4 Å². The third-order valence-electron chi connectivity index (χ3n) is 6.12. The van der Waals surface area contributed by atoms with Crippen LogP contribution in [0.3, 0.4) is 0 Å². The predicted molar refractivity (Wildman–Crippen MR) is 173 cm³/mol. The molecule has 0 unspecified atom stereocenters. The van der Waals surface area contributed by atoms with Crippen LogP contribution in [0, 0.1) is 0 Å². The predicted octanol–water partition coefficient (Wildman–Crippen LogP) is 5.73. The number of nitrogens with one attached hydrogen (secondary N) is 3. The fourth-order valence-corrected chi connectivity index (χ4v) is 3.98. The number of carbonyl (C=O) groups excluding carboxylic acids is 3. The summed E-state index contributed by atoms with van der Waals surface area (Å²) in [6.07, 6.45) is 4.72. The van der Waals surface area contributed by atoms with Crippen molar-refractivity contribution in [2.45, 2.75) is 67.0 Å². The highest BCUT2D eigenvalue weighted by Crippen LogP contribution is 2.23. The van der Waals surface area contributed by atoms with E-state index in [2.05, 4.69) is 29.5 Å². The molecule has 0 aromatic heterocycles. The van der Waals surface area contributed by atoms with Gasteiger partial charge in [0.05, 0.1) is 12.8 Å². The average molecular weight is 615 g/mol. The first-order valence-electron chi connectivity index (χ1n) is 14.7. The highest BCUT2D eigenvalue weighted by Gasteiger charge is 2.22. The first-order chi connectivity index (χ1) is 20.7. The zero-order valence-electron chi connectivity index (χ0n) is 26.3. The summed E-state index contributed by atoms with van der Waals surface area (Å²) in [7, 11) is 1.60. The van der Waals surface area contributed by atoms with Crippen molar-refractivity contribution in [3.05, 3.63) is 82.7 Å². The van der Waals surface area contributed by atoms with E-state index in [1.165, 1.54) is 4.90 Å². The van der Waals surface area contributed by atoms with Crippen LogP contribution >= 0.6 is 11.6 Å². The Bertz CT molecular complexity index is 1210. The highest BCUT2D eigenvalue weighted by molar-refractivity contribution is 6.30. The number of ether oxygens (including phenoxy) is 2. The lowest BCUT2D eigenvalue weighted by Gasteiger charge is -2.25. The maximum Gasteiger partial charge on any atom is 0.273 e. The van der Waals surface area contributed by atoms with Crippen molar-refractivity contribution in [1.82, 2.24) is 20.9 Å². The molecule has 0 bridgehead atoms. The average Bonchev–Trinajstić information content (AvgIpc) is 3.02. The minimum Gasteiger partial charge on any atom is -0.497 e. The smallest absolute Gasteiger partial charge is 0.273 e. The fraction of sp³-hybridized carbons (Fsp3) is 0.424. The molecular weight excluding hydrogens is 568 g/mol. The van der Waals surface area contributed by atoms with Crippen molar-refractivity contribution in [3.8, 4) is 11.5 Å². The van der Waals surface area contributed by atoms with Gasteiger partial charge in [-0.15, -0.1) is 0 Å². The quantitative estimate of drug-likeness (QED) is 0.155. The van der Waals surface area contributed by atoms with Crippen molar-refractivity contribution < 1.29 is 23.9 Å². The zero-order valence-corrected chi connectivity index (χ0v) is 27.1. The molecule has 3 N–H and O–H groups in total. The molecule has 0 aliphatic heterocycles. The van der Waals surface area contributed by atoms with E-state index in [1.807, 2.05) is 58.0 Å². The maximum atomic E-state index is 13.4. The van der Waals surface area contributed by atoms with Crippen LogP contribution in [-0.4, -0.2) is 49.4 Å². The number of allylic oxidation sites excluding steroid dienone is 2. The Kier molecular flexibility index (Phi) is 17.9. The number of amides is 3. The Balaban J connectivity index is 0.00000452. The first kappa shape index (κ1) is 37.0. The molecule has 43 heavy (non-hydrogen) atoms. The van der Waals surface area contributed by atoms with Crippen LogP contribution < -0.4 is 25.4 Å². The Morgan fingerprint density at radius 2 is 1.67 bits per heavy atom. The molecule has 2 rings (SSSR count). The minimum atomic E-state index is -0.396. The number of benzene rings is 2. The summed E-state index contributed by atoms with van der Waals surface area (Å²) < 4.78 is 10.8. The number of methoxy groups -OCH3 is 1. The van der Waals surface area contributed by atoms with Crippen LogP contribution in [0.15, 0.2) is 66.5 Å². The van der Waals surface area contributed by atoms with Gasteiger partial charge in [-0.05, 0) is 56.2 Å². The van der Waals surface area contributed by atoms with Gasteiger partial charge < -0.3 is 30.3 Å². The molecule has 0 heterocycles. The molecule has 2 aromatic rings. The van der Waals surface area contributed by atoms with E-state index >= 15 is 0 Å². The zero-order chi connectivity index (χ0) is 32.2. The van der Waals surface area contributed by atoms with E-state index in [0.717, 1.165) is 30.6 Å². The van der Waals surface area contributed by atoms with E-state index in [9.17, 15) is 14.4 Å². The van der Waals surface area contributed by atoms with Gasteiger partial charge >= 0.3 is 0 Å². The summed E-state index contributed by atoms with van der Waals surface area (Å²) in [4.78, 5) is 39.7. The monoisotopic (exact) mass is 614 g/mol. The van der Waals surface area contributed by atoms with E-state index in [1.54, 1.807) is 25.3 Å². The van der Waals surface area contributed by atoms with E-state index in [0.29, 0.717) is 35.1 Å². The number of unbranched alkanes of at least 4 members (excludes halogenated alkanes) is 2. The van der Waals surface area contributed by atoms with Crippen molar-refractivity contribution >= 4 is 29.3 Å². The Morgan fingerprint density at radius 3 is 2.30 bits per heavy atom. The molecule has 0 aliphatic rings. The van der Waals surface area contributed by atoms with Gasteiger partial charge in [-0.1, -0.05) is 70.0 Å². The van der Waals surface area contributed by atoms with E-state index < -0.39 is 5.91 Å². The molecule has 0 fully saturated rings. The molecule has 9 nitrogen and oxygen atoms in total. The van der Waals surface area contributed by atoms with Gasteiger partial charge in [0.15, 0.2) is 6.61 Å². The Hall–Kier alpha value is -3.98. The van der Waals surface area contributed by atoms with Crippen LogP contribution in [0.4, 0.5) is 0 Å². The van der Waals surface area contributed by atoms with Crippen LogP contribution in [0.1, 0.15) is 65.0 Å². The van der Waals surface area contributed by atoms with Crippen molar-refractivity contribution in [2.24, 2.45) is 0 Å². The Morgan fingerprint density at radius 1 is 0.977 bits per heavy atom. The number of likely N-dealkylation sites (N-methyl/N-ethyl adjacent to an activating group) is 1. The molecule has 3 amide bonds. The molecule has 0 spiro atoms. The summed E-state index contributed by atoms with van der Waals surface area (Å²) in [5.74, 6) is 0.150. The number of halogens is 1. The second kappa shape index (κ2) is 20.8. The Labute approximate surface area is 261 Å². The molecule has 0 saturated carbocycles.